The van der Waals surface area contributed by atoms with E-state index in [-0.39, 0.29) is 5.78 Å². The summed E-state index contributed by atoms with van der Waals surface area (Å²) in [6.45, 7) is 3.76. The molecular formula is C14H15N3O. The fourth-order valence-electron chi connectivity index (χ4n) is 2.01. The highest BCUT2D eigenvalue weighted by atomic mass is 16.1. The van der Waals surface area contributed by atoms with Crippen LogP contribution in [0.15, 0.2) is 18.2 Å². The van der Waals surface area contributed by atoms with Crippen LogP contribution < -0.4 is 0 Å². The number of aryl methyl sites for hydroxylation is 2. The first-order valence-corrected chi connectivity index (χ1v) is 5.95. The van der Waals surface area contributed by atoms with Crippen molar-refractivity contribution in [2.75, 3.05) is 0 Å². The first-order valence-electron chi connectivity index (χ1n) is 5.95. The lowest BCUT2D eigenvalue weighted by molar-refractivity contribution is 0.0947. The van der Waals surface area contributed by atoms with E-state index < -0.39 is 5.92 Å². The Bertz CT molecular complexity index is 649. The van der Waals surface area contributed by atoms with Crippen molar-refractivity contribution < 1.29 is 4.79 Å². The predicted octanol–water partition coefficient (Wildman–Crippen LogP) is 2.61. The van der Waals surface area contributed by atoms with Crippen LogP contribution in [-0.4, -0.2) is 15.3 Å². The van der Waals surface area contributed by atoms with E-state index in [9.17, 15) is 4.79 Å². The van der Waals surface area contributed by atoms with Gasteiger partial charge in [-0.05, 0) is 31.5 Å². The summed E-state index contributed by atoms with van der Waals surface area (Å²) in [5.41, 5.74) is 2.36. The lowest BCUT2D eigenvalue weighted by atomic mass is 9.96. The number of carbonyl (C=O) groups excluding carboxylic acids is 1. The van der Waals surface area contributed by atoms with E-state index in [0.717, 1.165) is 16.9 Å². The summed E-state index contributed by atoms with van der Waals surface area (Å²) in [4.78, 5) is 16.5. The van der Waals surface area contributed by atoms with Crippen LogP contribution in [0.5, 0.6) is 0 Å². The van der Waals surface area contributed by atoms with Crippen molar-refractivity contribution in [3.8, 4) is 6.07 Å². The van der Waals surface area contributed by atoms with Crippen LogP contribution in [0.2, 0.25) is 0 Å². The van der Waals surface area contributed by atoms with Gasteiger partial charge in [0.25, 0.3) is 0 Å². The van der Waals surface area contributed by atoms with Crippen LogP contribution in [0.25, 0.3) is 11.0 Å². The molecule has 1 heterocycles. The van der Waals surface area contributed by atoms with Gasteiger partial charge in [-0.25, -0.2) is 4.98 Å². The minimum absolute atomic E-state index is 0.120. The topological polar surface area (TPSA) is 58.7 Å². The molecule has 0 fully saturated rings. The van der Waals surface area contributed by atoms with E-state index in [4.69, 9.17) is 5.26 Å². The van der Waals surface area contributed by atoms with Gasteiger partial charge < -0.3 is 4.57 Å². The van der Waals surface area contributed by atoms with Crippen LogP contribution >= 0.6 is 0 Å². The molecule has 4 heteroatoms. The fraction of sp³-hybridized carbons (Fsp3) is 0.357. The van der Waals surface area contributed by atoms with Gasteiger partial charge in [0, 0.05) is 12.6 Å². The number of nitriles is 1. The molecule has 92 valence electrons. The number of Topliss-reactive ketones (excluding diaryl/α,β-unsaturated/α-hetero) is 1. The van der Waals surface area contributed by atoms with Gasteiger partial charge in [0.05, 0.1) is 17.1 Å². The quantitative estimate of drug-likeness (QED) is 0.776. The molecule has 0 radical (unpaired) electrons. The van der Waals surface area contributed by atoms with Gasteiger partial charge in [0.1, 0.15) is 11.7 Å². The van der Waals surface area contributed by atoms with Crippen molar-refractivity contribution in [2.24, 2.45) is 13.0 Å². The second kappa shape index (κ2) is 4.61. The SMILES string of the molecule is CCC(C#N)C(=O)c1ccc2c(c1)nc(C)n2C. The zero-order chi connectivity index (χ0) is 13.3. The monoisotopic (exact) mass is 241 g/mol. The number of carbonyl (C=O) groups is 1. The maximum atomic E-state index is 12.1. The first kappa shape index (κ1) is 12.3. The summed E-state index contributed by atoms with van der Waals surface area (Å²) in [6, 6.07) is 7.46. The van der Waals surface area contributed by atoms with Gasteiger partial charge in [-0.3, -0.25) is 4.79 Å². The molecule has 0 spiro atoms. The zero-order valence-electron chi connectivity index (χ0n) is 10.8. The summed E-state index contributed by atoms with van der Waals surface area (Å²) < 4.78 is 1.98. The third-order valence-electron chi connectivity index (χ3n) is 3.27. The summed E-state index contributed by atoms with van der Waals surface area (Å²) in [5, 5.41) is 8.93. The Morgan fingerprint density at radius 2 is 2.28 bits per heavy atom. The second-order valence-electron chi connectivity index (χ2n) is 4.38. The number of nitrogens with zero attached hydrogens (tertiary/aromatic N) is 3. The average molecular weight is 241 g/mol. The molecule has 0 aliphatic heterocycles. The smallest absolute Gasteiger partial charge is 0.180 e. The van der Waals surface area contributed by atoms with Crippen molar-refractivity contribution in [3.63, 3.8) is 0 Å². The molecule has 0 amide bonds. The van der Waals surface area contributed by atoms with Crippen LogP contribution in [0.3, 0.4) is 0 Å². The number of fused-ring (bicyclic) bond motifs is 1. The summed E-state index contributed by atoms with van der Waals surface area (Å²) in [7, 11) is 1.94. The molecule has 18 heavy (non-hydrogen) atoms. The van der Waals surface area contributed by atoms with Gasteiger partial charge in [-0.15, -0.1) is 0 Å². The van der Waals surface area contributed by atoms with Crippen LogP contribution in [0.1, 0.15) is 29.5 Å². The van der Waals surface area contributed by atoms with Crippen molar-refractivity contribution in [1.29, 1.82) is 5.26 Å². The number of rotatable bonds is 3. The van der Waals surface area contributed by atoms with E-state index in [0.29, 0.717) is 12.0 Å². The molecule has 0 aliphatic carbocycles. The highest BCUT2D eigenvalue weighted by Gasteiger charge is 2.18. The molecule has 0 saturated heterocycles. The lowest BCUT2D eigenvalue weighted by Crippen LogP contribution is -2.11. The van der Waals surface area contributed by atoms with Crippen LogP contribution in [-0.2, 0) is 7.05 Å². The largest absolute Gasteiger partial charge is 0.331 e. The lowest BCUT2D eigenvalue weighted by Gasteiger charge is -2.05. The molecular weight excluding hydrogens is 226 g/mol. The van der Waals surface area contributed by atoms with Gasteiger partial charge >= 0.3 is 0 Å². The van der Waals surface area contributed by atoms with Crippen molar-refractivity contribution in [3.05, 3.63) is 29.6 Å². The number of hydrogen-bond donors (Lipinski definition) is 0. The van der Waals surface area contributed by atoms with Gasteiger partial charge in [0.2, 0.25) is 0 Å². The number of aromatic nitrogens is 2. The Balaban J connectivity index is 2.48. The van der Waals surface area contributed by atoms with Crippen molar-refractivity contribution in [2.45, 2.75) is 20.3 Å². The Hall–Kier alpha value is -2.15. The third kappa shape index (κ3) is 1.88. The minimum Gasteiger partial charge on any atom is -0.331 e. The summed E-state index contributed by atoms with van der Waals surface area (Å²) in [6.07, 6.45) is 0.536. The second-order valence-corrected chi connectivity index (χ2v) is 4.38. The maximum Gasteiger partial charge on any atom is 0.180 e. The van der Waals surface area contributed by atoms with Gasteiger partial charge in [0.15, 0.2) is 5.78 Å². The zero-order valence-corrected chi connectivity index (χ0v) is 10.8. The van der Waals surface area contributed by atoms with Crippen molar-refractivity contribution in [1.82, 2.24) is 9.55 Å². The maximum absolute atomic E-state index is 12.1. The van der Waals surface area contributed by atoms with Crippen LogP contribution in [0.4, 0.5) is 0 Å². The minimum atomic E-state index is -0.563. The first-order chi connectivity index (χ1) is 8.58. The van der Waals surface area contributed by atoms with Crippen molar-refractivity contribution >= 4 is 16.8 Å². The predicted molar refractivity (Wildman–Crippen MR) is 69.2 cm³/mol. The van der Waals surface area contributed by atoms with E-state index in [1.54, 1.807) is 12.1 Å². The number of ketones is 1. The molecule has 1 aromatic carbocycles. The standard InChI is InChI=1S/C14H15N3O/c1-4-10(8-15)14(18)11-5-6-13-12(7-11)16-9(2)17(13)3/h5-7,10H,4H2,1-3H3. The van der Waals surface area contributed by atoms with E-state index in [2.05, 4.69) is 4.98 Å². The molecule has 1 atom stereocenters. The number of imidazole rings is 1. The Kier molecular flexibility index (Phi) is 3.15. The molecule has 1 unspecified atom stereocenters. The Morgan fingerprint density at radius 1 is 1.56 bits per heavy atom. The fourth-order valence-corrected chi connectivity index (χ4v) is 2.01. The molecule has 0 N–H and O–H groups in total. The van der Waals surface area contributed by atoms with Crippen LogP contribution in [0, 0.1) is 24.2 Å². The Morgan fingerprint density at radius 3 is 2.89 bits per heavy atom. The van der Waals surface area contributed by atoms with E-state index in [1.807, 2.05) is 37.6 Å². The molecule has 4 nitrogen and oxygen atoms in total. The highest BCUT2D eigenvalue weighted by molar-refractivity contribution is 6.01. The van der Waals surface area contributed by atoms with E-state index in [1.165, 1.54) is 0 Å². The summed E-state index contributed by atoms with van der Waals surface area (Å²) in [5.74, 6) is 0.222. The van der Waals surface area contributed by atoms with E-state index >= 15 is 0 Å². The Labute approximate surface area is 106 Å². The summed E-state index contributed by atoms with van der Waals surface area (Å²) >= 11 is 0. The van der Waals surface area contributed by atoms with Gasteiger partial charge in [-0.1, -0.05) is 6.92 Å². The normalized spacial score (nSPS) is 12.3. The molecule has 2 rings (SSSR count). The number of benzene rings is 1. The number of hydrogen-bond acceptors (Lipinski definition) is 3. The molecule has 0 aliphatic rings. The third-order valence-corrected chi connectivity index (χ3v) is 3.27. The highest BCUT2D eigenvalue weighted by Crippen LogP contribution is 2.19. The van der Waals surface area contributed by atoms with Gasteiger partial charge in [-0.2, -0.15) is 5.26 Å². The average Bonchev–Trinajstić information content (AvgIpc) is 2.66. The molecule has 1 aromatic heterocycles. The molecule has 0 saturated carbocycles. The molecule has 0 bridgehead atoms. The molecule has 2 aromatic rings.